The molecule has 0 saturated heterocycles. The van der Waals surface area contributed by atoms with E-state index in [0.717, 1.165) is 43.5 Å². The van der Waals surface area contributed by atoms with Crippen LogP contribution >= 0.6 is 0 Å². The Balaban J connectivity index is 1.44. The number of carbonyl (C=O) groups excluding carboxylic acids is 1. The van der Waals surface area contributed by atoms with Gasteiger partial charge in [-0.1, -0.05) is 5.16 Å². The topological polar surface area (TPSA) is 66.4 Å². The van der Waals surface area contributed by atoms with Crippen molar-refractivity contribution in [3.8, 4) is 17.2 Å². The number of halogens is 3. The summed E-state index contributed by atoms with van der Waals surface area (Å²) in [7, 11) is 0. The fourth-order valence-electron chi connectivity index (χ4n) is 2.88. The van der Waals surface area contributed by atoms with E-state index in [0.29, 0.717) is 11.5 Å². The molecular formula is C22H22F3NO5. The Morgan fingerprint density at radius 1 is 0.968 bits per heavy atom. The van der Waals surface area contributed by atoms with Crippen molar-refractivity contribution in [2.45, 2.75) is 44.9 Å². The number of carbonyl (C=O) groups is 1. The molecule has 1 atom stereocenters. The van der Waals surface area contributed by atoms with E-state index in [4.69, 9.17) is 19.0 Å². The third kappa shape index (κ3) is 6.91. The minimum atomic E-state index is -4.40. The second kappa shape index (κ2) is 10.2. The van der Waals surface area contributed by atoms with Crippen molar-refractivity contribution in [1.29, 1.82) is 0 Å². The Hall–Kier alpha value is -3.23. The molecule has 0 spiro atoms. The van der Waals surface area contributed by atoms with Gasteiger partial charge in [0.2, 0.25) is 0 Å². The Labute approximate surface area is 177 Å². The molecule has 166 valence electrons. The lowest BCUT2D eigenvalue weighted by Gasteiger charge is -2.14. The Morgan fingerprint density at radius 3 is 2.10 bits per heavy atom. The van der Waals surface area contributed by atoms with Crippen LogP contribution in [0.1, 0.15) is 38.2 Å². The molecule has 0 aromatic heterocycles. The van der Waals surface area contributed by atoms with E-state index in [-0.39, 0.29) is 12.5 Å². The highest BCUT2D eigenvalue weighted by Gasteiger charge is 2.30. The SMILES string of the molecule is CC(Oc1ccc(Oc2ccc(C(F)(F)F)cc2)cc1)C(=O)OCON=C1CCCC1. The van der Waals surface area contributed by atoms with Crippen molar-refractivity contribution in [2.75, 3.05) is 6.79 Å². The summed E-state index contributed by atoms with van der Waals surface area (Å²) in [5, 5.41) is 3.93. The molecule has 3 rings (SSSR count). The van der Waals surface area contributed by atoms with E-state index in [1.165, 1.54) is 19.1 Å². The standard InChI is InChI=1S/C22H22F3NO5/c1-15(21(27)28-14-29-26-17-4-2-3-5-17)30-18-10-12-20(13-11-18)31-19-8-6-16(7-9-19)22(23,24)25/h6-13,15H,2-5,14H2,1H3. The molecule has 0 bridgehead atoms. The maximum atomic E-state index is 12.6. The summed E-state index contributed by atoms with van der Waals surface area (Å²) in [4.78, 5) is 17.0. The van der Waals surface area contributed by atoms with Crippen molar-refractivity contribution < 1.29 is 37.0 Å². The number of hydrogen-bond acceptors (Lipinski definition) is 6. The average Bonchev–Trinajstić information content (AvgIpc) is 3.26. The molecule has 1 fully saturated rings. The smallest absolute Gasteiger partial charge is 0.416 e. The number of nitrogens with zero attached hydrogens (tertiary/aromatic N) is 1. The predicted octanol–water partition coefficient (Wildman–Crippen LogP) is 5.71. The highest BCUT2D eigenvalue weighted by Crippen LogP contribution is 2.31. The van der Waals surface area contributed by atoms with Crippen LogP contribution in [0.3, 0.4) is 0 Å². The first-order valence-corrected chi connectivity index (χ1v) is 9.77. The molecule has 1 aliphatic rings. The molecule has 0 aliphatic heterocycles. The van der Waals surface area contributed by atoms with E-state index in [2.05, 4.69) is 5.16 Å². The minimum Gasteiger partial charge on any atom is -0.479 e. The van der Waals surface area contributed by atoms with Crippen LogP contribution in [0.25, 0.3) is 0 Å². The van der Waals surface area contributed by atoms with E-state index in [1.807, 2.05) is 0 Å². The van der Waals surface area contributed by atoms with Gasteiger partial charge in [-0.2, -0.15) is 13.2 Å². The lowest BCUT2D eigenvalue weighted by molar-refractivity contribution is -0.163. The molecule has 1 aliphatic carbocycles. The largest absolute Gasteiger partial charge is 0.479 e. The first-order valence-electron chi connectivity index (χ1n) is 9.77. The summed E-state index contributed by atoms with van der Waals surface area (Å²) < 4.78 is 53.8. The number of esters is 1. The van der Waals surface area contributed by atoms with Gasteiger partial charge in [0.25, 0.3) is 6.79 Å². The summed E-state index contributed by atoms with van der Waals surface area (Å²) in [6.45, 7) is 1.26. The molecule has 9 heteroatoms. The first kappa shape index (κ1) is 22.5. The molecule has 1 saturated carbocycles. The van der Waals surface area contributed by atoms with Crippen molar-refractivity contribution in [1.82, 2.24) is 0 Å². The molecule has 0 N–H and O–H groups in total. The van der Waals surface area contributed by atoms with Crippen molar-refractivity contribution in [3.05, 3.63) is 54.1 Å². The predicted molar refractivity (Wildman–Crippen MR) is 106 cm³/mol. The molecule has 0 radical (unpaired) electrons. The van der Waals surface area contributed by atoms with Gasteiger partial charge >= 0.3 is 12.1 Å². The van der Waals surface area contributed by atoms with E-state index >= 15 is 0 Å². The normalized spacial score (nSPS) is 14.6. The van der Waals surface area contributed by atoms with E-state index in [9.17, 15) is 18.0 Å². The molecule has 6 nitrogen and oxygen atoms in total. The summed E-state index contributed by atoms with van der Waals surface area (Å²) >= 11 is 0. The van der Waals surface area contributed by atoms with E-state index < -0.39 is 23.8 Å². The van der Waals surface area contributed by atoms with Gasteiger partial charge in [-0.15, -0.1) is 0 Å². The first-order chi connectivity index (χ1) is 14.8. The Bertz CT molecular complexity index is 887. The van der Waals surface area contributed by atoms with E-state index in [1.54, 1.807) is 24.3 Å². The summed E-state index contributed by atoms with van der Waals surface area (Å²) in [6, 6.07) is 10.7. The second-order valence-corrected chi connectivity index (χ2v) is 6.93. The van der Waals surface area contributed by atoms with Crippen LogP contribution in [0.2, 0.25) is 0 Å². The molecular weight excluding hydrogens is 415 g/mol. The fraction of sp³-hybridized carbons (Fsp3) is 0.364. The summed E-state index contributed by atoms with van der Waals surface area (Å²) in [5.41, 5.74) is 0.222. The van der Waals surface area contributed by atoms with Crippen molar-refractivity contribution in [2.24, 2.45) is 5.16 Å². The Morgan fingerprint density at radius 2 is 1.52 bits per heavy atom. The molecule has 2 aromatic rings. The van der Waals surface area contributed by atoms with Gasteiger partial charge in [-0.25, -0.2) is 4.79 Å². The maximum absolute atomic E-state index is 12.6. The van der Waals surface area contributed by atoms with Gasteiger partial charge in [-0.05, 0) is 81.1 Å². The van der Waals surface area contributed by atoms with Crippen LogP contribution < -0.4 is 9.47 Å². The van der Waals surface area contributed by atoms with Crippen LogP contribution in [0.4, 0.5) is 13.2 Å². The highest BCUT2D eigenvalue weighted by molar-refractivity contribution is 5.85. The van der Waals surface area contributed by atoms with Crippen molar-refractivity contribution in [3.63, 3.8) is 0 Å². The molecule has 31 heavy (non-hydrogen) atoms. The average molecular weight is 437 g/mol. The second-order valence-electron chi connectivity index (χ2n) is 6.93. The van der Waals surface area contributed by atoms with Crippen LogP contribution in [0, 0.1) is 0 Å². The van der Waals surface area contributed by atoms with Gasteiger partial charge in [0, 0.05) is 0 Å². The number of benzene rings is 2. The molecule has 2 aromatic carbocycles. The summed E-state index contributed by atoms with van der Waals surface area (Å²) in [6.07, 6.45) is -1.25. The number of rotatable bonds is 8. The zero-order chi connectivity index (χ0) is 22.3. The highest BCUT2D eigenvalue weighted by atomic mass is 19.4. The van der Waals surface area contributed by atoms with Crippen LogP contribution in [-0.4, -0.2) is 24.6 Å². The fourth-order valence-corrected chi connectivity index (χ4v) is 2.88. The zero-order valence-electron chi connectivity index (χ0n) is 16.9. The van der Waals surface area contributed by atoms with Gasteiger partial charge in [0.05, 0.1) is 11.3 Å². The third-order valence-corrected chi connectivity index (χ3v) is 4.51. The van der Waals surface area contributed by atoms with Gasteiger partial charge in [-0.3, -0.25) is 0 Å². The number of alkyl halides is 3. The lowest BCUT2D eigenvalue weighted by Crippen LogP contribution is -2.26. The van der Waals surface area contributed by atoms with Crippen LogP contribution in [0.5, 0.6) is 17.2 Å². The minimum absolute atomic E-state index is 0.264. The Kier molecular flexibility index (Phi) is 7.38. The number of ether oxygens (including phenoxy) is 3. The van der Waals surface area contributed by atoms with Crippen molar-refractivity contribution >= 4 is 11.7 Å². The molecule has 0 heterocycles. The maximum Gasteiger partial charge on any atom is 0.416 e. The van der Waals surface area contributed by atoms with Gasteiger partial charge in [0.1, 0.15) is 17.2 Å². The van der Waals surface area contributed by atoms with Crippen LogP contribution in [-0.2, 0) is 20.5 Å². The summed E-state index contributed by atoms with van der Waals surface area (Å²) in [5.74, 6) is 0.467. The quantitative estimate of drug-likeness (QED) is 0.229. The molecule has 0 amide bonds. The third-order valence-electron chi connectivity index (χ3n) is 4.51. The zero-order valence-corrected chi connectivity index (χ0v) is 16.9. The number of hydrogen-bond donors (Lipinski definition) is 0. The number of oxime groups is 1. The van der Waals surface area contributed by atoms with Gasteiger partial charge < -0.3 is 19.0 Å². The molecule has 1 unspecified atom stereocenters. The monoisotopic (exact) mass is 437 g/mol. The lowest BCUT2D eigenvalue weighted by atomic mass is 10.2. The van der Waals surface area contributed by atoms with Crippen LogP contribution in [0.15, 0.2) is 53.7 Å². The van der Waals surface area contributed by atoms with Gasteiger partial charge in [0.15, 0.2) is 6.10 Å².